The summed E-state index contributed by atoms with van der Waals surface area (Å²) in [5.74, 6) is -1.78. The van der Waals surface area contributed by atoms with Crippen LogP contribution in [0.25, 0.3) is 22.8 Å². The van der Waals surface area contributed by atoms with E-state index in [0.717, 1.165) is 11.3 Å². The summed E-state index contributed by atoms with van der Waals surface area (Å²) in [6.45, 7) is 1.62. The first-order valence-electron chi connectivity index (χ1n) is 9.46. The SMILES string of the molecule is Cc1cc(-c2noc(C(F)(F)F)n2)ncc1NC(=O)OCc1ccc(-c2cccnc2)nc1. The van der Waals surface area contributed by atoms with E-state index in [1.807, 2.05) is 12.1 Å². The van der Waals surface area contributed by atoms with Crippen molar-refractivity contribution in [3.8, 4) is 22.8 Å². The van der Waals surface area contributed by atoms with Crippen molar-refractivity contribution < 1.29 is 27.2 Å². The molecule has 0 radical (unpaired) electrons. The van der Waals surface area contributed by atoms with Crippen molar-refractivity contribution in [2.24, 2.45) is 0 Å². The smallest absolute Gasteiger partial charge is 0.444 e. The molecule has 0 aliphatic carbocycles. The number of amides is 1. The molecule has 12 heteroatoms. The quantitative estimate of drug-likeness (QED) is 0.461. The van der Waals surface area contributed by atoms with Crippen LogP contribution in [0, 0.1) is 6.92 Å². The first kappa shape index (κ1) is 21.9. The molecule has 4 heterocycles. The number of carbonyl (C=O) groups excluding carboxylic acids is 1. The fourth-order valence-electron chi connectivity index (χ4n) is 2.74. The van der Waals surface area contributed by atoms with E-state index in [9.17, 15) is 18.0 Å². The van der Waals surface area contributed by atoms with Gasteiger partial charge in [-0.15, -0.1) is 0 Å². The van der Waals surface area contributed by atoms with Crippen molar-refractivity contribution in [3.63, 3.8) is 0 Å². The lowest BCUT2D eigenvalue weighted by molar-refractivity contribution is -0.159. The van der Waals surface area contributed by atoms with Gasteiger partial charge in [0.15, 0.2) is 0 Å². The van der Waals surface area contributed by atoms with Crippen molar-refractivity contribution in [3.05, 3.63) is 72.1 Å². The number of carbonyl (C=O) groups is 1. The zero-order valence-corrected chi connectivity index (χ0v) is 17.0. The number of nitrogens with one attached hydrogen (secondary N) is 1. The zero-order valence-electron chi connectivity index (χ0n) is 17.0. The molecule has 33 heavy (non-hydrogen) atoms. The van der Waals surface area contributed by atoms with E-state index in [1.54, 1.807) is 37.6 Å². The Bertz CT molecular complexity index is 1260. The molecule has 0 spiro atoms. The van der Waals surface area contributed by atoms with Crippen LogP contribution in [0.1, 0.15) is 17.0 Å². The summed E-state index contributed by atoms with van der Waals surface area (Å²) < 4.78 is 47.2. The number of nitrogens with zero attached hydrogens (tertiary/aromatic N) is 5. The van der Waals surface area contributed by atoms with Crippen LogP contribution in [0.2, 0.25) is 0 Å². The third-order valence-corrected chi connectivity index (χ3v) is 4.40. The van der Waals surface area contributed by atoms with Gasteiger partial charge in [-0.2, -0.15) is 18.2 Å². The van der Waals surface area contributed by atoms with Gasteiger partial charge in [0, 0.05) is 29.7 Å². The first-order chi connectivity index (χ1) is 15.8. The predicted molar refractivity (Wildman–Crippen MR) is 109 cm³/mol. The molecule has 0 aliphatic rings. The van der Waals surface area contributed by atoms with Gasteiger partial charge >= 0.3 is 18.2 Å². The normalized spacial score (nSPS) is 11.3. The molecule has 0 aliphatic heterocycles. The van der Waals surface area contributed by atoms with E-state index in [1.165, 1.54) is 12.3 Å². The number of anilines is 1. The molecular weight excluding hydrogens is 441 g/mol. The first-order valence-corrected chi connectivity index (χ1v) is 9.46. The largest absolute Gasteiger partial charge is 0.471 e. The fourth-order valence-corrected chi connectivity index (χ4v) is 2.74. The van der Waals surface area contributed by atoms with Crippen LogP contribution in [-0.2, 0) is 17.5 Å². The number of alkyl halides is 3. The maximum absolute atomic E-state index is 12.6. The Hall–Kier alpha value is -4.35. The standard InChI is InChI=1S/C21H15F3N6O3/c1-12-7-16(18-29-19(33-30-18)21(22,23)24)27-10-17(12)28-20(31)32-11-13-4-5-15(26-8-13)14-3-2-6-25-9-14/h2-10H,11H2,1H3,(H,28,31). The molecule has 0 fully saturated rings. The number of rotatable bonds is 5. The van der Waals surface area contributed by atoms with Crippen molar-refractivity contribution in [1.82, 2.24) is 25.1 Å². The number of hydrogen-bond donors (Lipinski definition) is 1. The highest BCUT2D eigenvalue weighted by molar-refractivity contribution is 5.85. The van der Waals surface area contributed by atoms with Gasteiger partial charge in [-0.3, -0.25) is 20.3 Å². The van der Waals surface area contributed by atoms with Crippen LogP contribution in [0.15, 0.2) is 59.6 Å². The van der Waals surface area contributed by atoms with Gasteiger partial charge in [0.1, 0.15) is 12.3 Å². The van der Waals surface area contributed by atoms with Crippen molar-refractivity contribution >= 4 is 11.8 Å². The van der Waals surface area contributed by atoms with Crippen molar-refractivity contribution in [2.45, 2.75) is 19.7 Å². The molecular formula is C21H15F3N6O3. The fraction of sp³-hybridized carbons (Fsp3) is 0.143. The number of pyridine rings is 3. The Morgan fingerprint density at radius 2 is 1.94 bits per heavy atom. The minimum Gasteiger partial charge on any atom is -0.444 e. The van der Waals surface area contributed by atoms with Crippen LogP contribution in [-0.4, -0.2) is 31.2 Å². The summed E-state index contributed by atoms with van der Waals surface area (Å²) in [4.78, 5) is 27.8. The molecule has 0 saturated heterocycles. The van der Waals surface area contributed by atoms with Crippen LogP contribution in [0.4, 0.5) is 23.7 Å². The van der Waals surface area contributed by atoms with E-state index in [0.29, 0.717) is 16.8 Å². The number of aryl methyl sites for hydroxylation is 1. The molecule has 1 amide bonds. The third kappa shape index (κ3) is 5.29. The number of aromatic nitrogens is 5. The Morgan fingerprint density at radius 1 is 1.12 bits per heavy atom. The molecule has 0 saturated carbocycles. The molecule has 4 rings (SSSR count). The van der Waals surface area contributed by atoms with Gasteiger partial charge in [0.25, 0.3) is 0 Å². The molecule has 4 aromatic heterocycles. The molecule has 0 atom stereocenters. The molecule has 1 N–H and O–H groups in total. The van der Waals surface area contributed by atoms with Crippen LogP contribution in [0.5, 0.6) is 0 Å². The third-order valence-electron chi connectivity index (χ3n) is 4.40. The van der Waals surface area contributed by atoms with Crippen LogP contribution < -0.4 is 5.32 Å². The second kappa shape index (κ2) is 9.02. The van der Waals surface area contributed by atoms with Gasteiger partial charge in [-0.05, 0) is 36.8 Å². The molecule has 168 valence electrons. The van der Waals surface area contributed by atoms with Crippen molar-refractivity contribution in [2.75, 3.05) is 5.32 Å². The summed E-state index contributed by atoms with van der Waals surface area (Å²) in [6, 6.07) is 8.69. The lowest BCUT2D eigenvalue weighted by Gasteiger charge is -2.10. The lowest BCUT2D eigenvalue weighted by atomic mass is 10.2. The van der Waals surface area contributed by atoms with Gasteiger partial charge < -0.3 is 9.26 Å². The average molecular weight is 456 g/mol. The van der Waals surface area contributed by atoms with E-state index >= 15 is 0 Å². The Kier molecular flexibility index (Phi) is 5.98. The van der Waals surface area contributed by atoms with Crippen LogP contribution in [0.3, 0.4) is 0 Å². The van der Waals surface area contributed by atoms with Crippen molar-refractivity contribution in [1.29, 1.82) is 0 Å². The Morgan fingerprint density at radius 3 is 2.58 bits per heavy atom. The van der Waals surface area contributed by atoms with E-state index in [4.69, 9.17) is 4.74 Å². The summed E-state index contributed by atoms with van der Waals surface area (Å²) in [6.07, 6.45) is 0.742. The van der Waals surface area contributed by atoms with Gasteiger partial charge in [-0.25, -0.2) is 4.79 Å². The maximum atomic E-state index is 12.6. The summed E-state index contributed by atoms with van der Waals surface area (Å²) >= 11 is 0. The van der Waals surface area contributed by atoms with Crippen LogP contribution >= 0.6 is 0 Å². The second-order valence-corrected chi connectivity index (χ2v) is 6.80. The zero-order chi connectivity index (χ0) is 23.4. The average Bonchev–Trinajstić information content (AvgIpc) is 3.31. The van der Waals surface area contributed by atoms with Gasteiger partial charge in [0.2, 0.25) is 5.82 Å². The number of hydrogen-bond acceptors (Lipinski definition) is 8. The topological polar surface area (TPSA) is 116 Å². The van der Waals surface area contributed by atoms with Gasteiger partial charge in [0.05, 0.1) is 17.6 Å². The Labute approximate surface area is 184 Å². The number of ether oxygens (including phenoxy) is 1. The molecule has 0 bridgehead atoms. The predicted octanol–water partition coefficient (Wildman–Crippen LogP) is 4.66. The highest BCUT2D eigenvalue weighted by Crippen LogP contribution is 2.29. The highest BCUT2D eigenvalue weighted by atomic mass is 19.4. The highest BCUT2D eigenvalue weighted by Gasteiger charge is 2.38. The minimum atomic E-state index is -4.75. The Balaban J connectivity index is 1.35. The maximum Gasteiger partial charge on any atom is 0.471 e. The summed E-state index contributed by atoms with van der Waals surface area (Å²) in [5.41, 5.74) is 3.17. The minimum absolute atomic E-state index is 0.0141. The monoisotopic (exact) mass is 456 g/mol. The lowest BCUT2D eigenvalue weighted by Crippen LogP contribution is -2.14. The van der Waals surface area contributed by atoms with E-state index in [2.05, 4.69) is 34.9 Å². The summed E-state index contributed by atoms with van der Waals surface area (Å²) in [7, 11) is 0. The molecule has 4 aromatic rings. The van der Waals surface area contributed by atoms with E-state index < -0.39 is 18.2 Å². The molecule has 0 aromatic carbocycles. The van der Waals surface area contributed by atoms with Gasteiger partial charge in [-0.1, -0.05) is 11.2 Å². The molecule has 9 nitrogen and oxygen atoms in total. The second-order valence-electron chi connectivity index (χ2n) is 6.80. The summed E-state index contributed by atoms with van der Waals surface area (Å²) in [5, 5.41) is 5.81. The number of halogens is 3. The molecule has 0 unspecified atom stereocenters. The van der Waals surface area contributed by atoms with E-state index in [-0.39, 0.29) is 18.1 Å².